The highest BCUT2D eigenvalue weighted by Crippen LogP contribution is 2.30. The van der Waals surface area contributed by atoms with Crippen LogP contribution in [0.5, 0.6) is 0 Å². The zero-order valence-corrected chi connectivity index (χ0v) is 12.9. The molecule has 0 amide bonds. The number of fused-ring (bicyclic) bond motifs is 1. The molecule has 0 radical (unpaired) electrons. The van der Waals surface area contributed by atoms with Crippen LogP contribution in [0.25, 0.3) is 16.9 Å². The Balaban J connectivity index is 2.30. The fourth-order valence-electron chi connectivity index (χ4n) is 2.67. The van der Waals surface area contributed by atoms with E-state index < -0.39 is 6.10 Å². The van der Waals surface area contributed by atoms with E-state index in [0.717, 1.165) is 28.2 Å². The van der Waals surface area contributed by atoms with Crippen LogP contribution in [0.2, 0.25) is 0 Å². The number of imidazole rings is 1. The zero-order valence-electron chi connectivity index (χ0n) is 12.9. The van der Waals surface area contributed by atoms with Gasteiger partial charge in [-0.1, -0.05) is 18.2 Å². The van der Waals surface area contributed by atoms with Gasteiger partial charge in [-0.2, -0.15) is 0 Å². The third kappa shape index (κ3) is 2.34. The van der Waals surface area contributed by atoms with Crippen molar-refractivity contribution in [1.82, 2.24) is 9.38 Å². The summed E-state index contributed by atoms with van der Waals surface area (Å²) >= 11 is 0. The smallest absolute Gasteiger partial charge is 0.137 e. The van der Waals surface area contributed by atoms with Gasteiger partial charge >= 0.3 is 0 Å². The Morgan fingerprint density at radius 2 is 1.81 bits per heavy atom. The molecule has 0 aliphatic heterocycles. The summed E-state index contributed by atoms with van der Waals surface area (Å²) in [5, 5.41) is 10.2. The van der Waals surface area contributed by atoms with Gasteiger partial charge in [0.1, 0.15) is 5.65 Å². The Bertz CT molecular complexity index is 815. The summed E-state index contributed by atoms with van der Waals surface area (Å²) in [7, 11) is 0. The van der Waals surface area contributed by atoms with Crippen LogP contribution in [0, 0.1) is 20.8 Å². The summed E-state index contributed by atoms with van der Waals surface area (Å²) in [6.07, 6.45) is 1.45. The largest absolute Gasteiger partial charge is 0.387 e. The molecule has 2 heterocycles. The lowest BCUT2D eigenvalue weighted by Gasteiger charge is -2.09. The second-order valence-corrected chi connectivity index (χ2v) is 5.76. The minimum Gasteiger partial charge on any atom is -0.387 e. The van der Waals surface area contributed by atoms with Crippen molar-refractivity contribution >= 4 is 5.65 Å². The van der Waals surface area contributed by atoms with Crippen LogP contribution >= 0.6 is 0 Å². The van der Waals surface area contributed by atoms with E-state index in [-0.39, 0.29) is 0 Å². The molecule has 0 saturated carbocycles. The first-order valence-corrected chi connectivity index (χ1v) is 7.21. The molecule has 0 spiro atoms. The molecule has 3 nitrogen and oxygen atoms in total. The van der Waals surface area contributed by atoms with Gasteiger partial charge in [0.2, 0.25) is 0 Å². The summed E-state index contributed by atoms with van der Waals surface area (Å²) in [6, 6.07) is 10.3. The molecule has 0 bridgehead atoms. The SMILES string of the molecule is Cc1ccc2nc(-c3ccc(C)c(C)c3)c(C(C)O)n2c1. The number of aryl methyl sites for hydroxylation is 3. The molecule has 1 aromatic carbocycles. The number of nitrogens with zero attached hydrogens (tertiary/aromatic N) is 2. The minimum absolute atomic E-state index is 0.571. The molecular weight excluding hydrogens is 260 g/mol. The van der Waals surface area contributed by atoms with Gasteiger partial charge in [-0.3, -0.25) is 0 Å². The number of aliphatic hydroxyl groups excluding tert-OH is 1. The topological polar surface area (TPSA) is 37.5 Å². The van der Waals surface area contributed by atoms with Crippen LogP contribution in [-0.4, -0.2) is 14.5 Å². The summed E-state index contributed by atoms with van der Waals surface area (Å²) < 4.78 is 1.99. The number of aromatic nitrogens is 2. The van der Waals surface area contributed by atoms with Crippen molar-refractivity contribution in [2.45, 2.75) is 33.8 Å². The maximum atomic E-state index is 10.2. The first-order chi connectivity index (χ1) is 9.97. The van der Waals surface area contributed by atoms with Crippen LogP contribution in [0.3, 0.4) is 0 Å². The standard InChI is InChI=1S/C18H20N2O/c1-11-5-8-16-19-17(18(14(4)21)20(16)10-11)15-7-6-12(2)13(3)9-15/h5-10,14,21H,1-4H3. The van der Waals surface area contributed by atoms with Gasteiger partial charge in [-0.05, 0) is 56.5 Å². The van der Waals surface area contributed by atoms with Crippen molar-refractivity contribution in [3.05, 3.63) is 58.9 Å². The normalized spacial score (nSPS) is 12.8. The molecule has 1 N–H and O–H groups in total. The van der Waals surface area contributed by atoms with Crippen molar-refractivity contribution in [3.63, 3.8) is 0 Å². The predicted molar refractivity (Wildman–Crippen MR) is 85.5 cm³/mol. The summed E-state index contributed by atoms with van der Waals surface area (Å²) in [5.74, 6) is 0. The van der Waals surface area contributed by atoms with Crippen molar-refractivity contribution in [1.29, 1.82) is 0 Å². The molecule has 2 aromatic heterocycles. The Kier molecular flexibility index (Phi) is 3.30. The van der Waals surface area contributed by atoms with Crippen LogP contribution in [0.15, 0.2) is 36.5 Å². The van der Waals surface area contributed by atoms with E-state index in [2.05, 4.69) is 32.0 Å². The van der Waals surface area contributed by atoms with Crippen molar-refractivity contribution in [2.24, 2.45) is 0 Å². The van der Waals surface area contributed by atoms with Gasteiger partial charge in [-0.15, -0.1) is 0 Å². The predicted octanol–water partition coefficient (Wildman–Crippen LogP) is 3.98. The van der Waals surface area contributed by atoms with E-state index in [0.29, 0.717) is 0 Å². The second-order valence-electron chi connectivity index (χ2n) is 5.76. The van der Waals surface area contributed by atoms with E-state index in [4.69, 9.17) is 4.98 Å². The van der Waals surface area contributed by atoms with Crippen LogP contribution in [0.4, 0.5) is 0 Å². The third-order valence-electron chi connectivity index (χ3n) is 3.98. The Labute approximate surface area is 124 Å². The molecule has 0 fully saturated rings. The maximum Gasteiger partial charge on any atom is 0.137 e. The molecule has 1 atom stereocenters. The van der Waals surface area contributed by atoms with E-state index >= 15 is 0 Å². The summed E-state index contributed by atoms with van der Waals surface area (Å²) in [4.78, 5) is 4.72. The van der Waals surface area contributed by atoms with Crippen molar-refractivity contribution in [2.75, 3.05) is 0 Å². The molecule has 108 valence electrons. The molecule has 0 saturated heterocycles. The second kappa shape index (κ2) is 5.01. The monoisotopic (exact) mass is 280 g/mol. The van der Waals surface area contributed by atoms with Gasteiger partial charge in [0.25, 0.3) is 0 Å². The van der Waals surface area contributed by atoms with Gasteiger partial charge in [0.05, 0.1) is 17.5 Å². The fraction of sp³-hybridized carbons (Fsp3) is 0.278. The Morgan fingerprint density at radius 3 is 2.48 bits per heavy atom. The highest BCUT2D eigenvalue weighted by Gasteiger charge is 2.18. The number of rotatable bonds is 2. The molecule has 0 aliphatic carbocycles. The van der Waals surface area contributed by atoms with E-state index in [1.54, 1.807) is 6.92 Å². The lowest BCUT2D eigenvalue weighted by molar-refractivity contribution is 0.194. The highest BCUT2D eigenvalue weighted by molar-refractivity contribution is 5.68. The third-order valence-corrected chi connectivity index (χ3v) is 3.98. The quantitative estimate of drug-likeness (QED) is 0.771. The Morgan fingerprint density at radius 1 is 1.05 bits per heavy atom. The number of aliphatic hydroxyl groups is 1. The highest BCUT2D eigenvalue weighted by atomic mass is 16.3. The van der Waals surface area contributed by atoms with Gasteiger partial charge < -0.3 is 9.51 Å². The average molecular weight is 280 g/mol. The molecule has 3 rings (SSSR count). The average Bonchev–Trinajstić information content (AvgIpc) is 2.80. The zero-order chi connectivity index (χ0) is 15.1. The summed E-state index contributed by atoms with van der Waals surface area (Å²) in [6.45, 7) is 8.03. The van der Waals surface area contributed by atoms with Gasteiger partial charge in [-0.25, -0.2) is 4.98 Å². The number of pyridine rings is 1. The maximum absolute atomic E-state index is 10.2. The van der Waals surface area contributed by atoms with E-state index in [9.17, 15) is 5.11 Å². The van der Waals surface area contributed by atoms with E-state index in [1.165, 1.54) is 11.1 Å². The fourth-order valence-corrected chi connectivity index (χ4v) is 2.67. The number of hydrogen-bond acceptors (Lipinski definition) is 2. The molecular formula is C18H20N2O. The molecule has 21 heavy (non-hydrogen) atoms. The number of benzene rings is 1. The first kappa shape index (κ1) is 13.8. The molecule has 3 aromatic rings. The first-order valence-electron chi connectivity index (χ1n) is 7.21. The van der Waals surface area contributed by atoms with Crippen LogP contribution < -0.4 is 0 Å². The number of hydrogen-bond donors (Lipinski definition) is 1. The molecule has 1 unspecified atom stereocenters. The minimum atomic E-state index is -0.571. The lowest BCUT2D eigenvalue weighted by atomic mass is 10.0. The molecule has 3 heteroatoms. The van der Waals surface area contributed by atoms with Crippen LogP contribution in [0.1, 0.15) is 35.4 Å². The van der Waals surface area contributed by atoms with Crippen LogP contribution in [-0.2, 0) is 0 Å². The van der Waals surface area contributed by atoms with Crippen molar-refractivity contribution in [3.8, 4) is 11.3 Å². The summed E-state index contributed by atoms with van der Waals surface area (Å²) in [5.41, 5.74) is 7.26. The Hall–Kier alpha value is -2.13. The molecule has 0 aliphatic rings. The lowest BCUT2D eigenvalue weighted by Crippen LogP contribution is -2.00. The van der Waals surface area contributed by atoms with E-state index in [1.807, 2.05) is 29.7 Å². The van der Waals surface area contributed by atoms with Gasteiger partial charge in [0, 0.05) is 11.8 Å². The van der Waals surface area contributed by atoms with Crippen molar-refractivity contribution < 1.29 is 5.11 Å². The van der Waals surface area contributed by atoms with Gasteiger partial charge in [0.15, 0.2) is 0 Å².